The molecule has 2 atom stereocenters. The predicted molar refractivity (Wildman–Crippen MR) is 92.2 cm³/mol. The Morgan fingerprint density at radius 1 is 1.08 bits per heavy atom. The number of halogens is 3. The molecule has 144 valence electrons. The van der Waals surface area contributed by atoms with Gasteiger partial charge in [0.05, 0.1) is 17.5 Å². The number of rotatable bonds is 5. The van der Waals surface area contributed by atoms with E-state index in [2.05, 4.69) is 11.9 Å². The molecule has 0 aliphatic carbocycles. The van der Waals surface area contributed by atoms with E-state index in [0.29, 0.717) is 5.56 Å². The first-order valence-electron chi connectivity index (χ1n) is 8.12. The lowest BCUT2D eigenvalue weighted by Gasteiger charge is -2.23. The molecule has 0 bridgehead atoms. The van der Waals surface area contributed by atoms with Crippen molar-refractivity contribution < 1.29 is 27.5 Å². The van der Waals surface area contributed by atoms with E-state index in [0.717, 1.165) is 12.1 Å². The van der Waals surface area contributed by atoms with Crippen LogP contribution in [0.2, 0.25) is 0 Å². The maximum atomic E-state index is 12.6. The molecule has 0 radical (unpaired) electrons. The fraction of sp³-hybridized carbons (Fsp3) is 0.474. The van der Waals surface area contributed by atoms with Crippen LogP contribution in [0, 0.1) is 5.92 Å². The number of amides is 1. The third-order valence-electron chi connectivity index (χ3n) is 3.67. The topological polar surface area (TPSA) is 55.4 Å². The van der Waals surface area contributed by atoms with Crippen LogP contribution < -0.4 is 5.32 Å². The number of carbonyl (C=O) groups is 2. The maximum Gasteiger partial charge on any atom is 0.416 e. The van der Waals surface area contributed by atoms with Crippen LogP contribution in [0.5, 0.6) is 0 Å². The van der Waals surface area contributed by atoms with E-state index in [9.17, 15) is 22.8 Å². The van der Waals surface area contributed by atoms with Gasteiger partial charge in [0.2, 0.25) is 5.91 Å². The molecule has 0 aliphatic heterocycles. The lowest BCUT2D eigenvalue weighted by molar-refractivity contribution is -0.151. The highest BCUT2D eigenvalue weighted by Crippen LogP contribution is 2.30. The third kappa shape index (κ3) is 6.20. The molecule has 1 aromatic carbocycles. The Balaban J connectivity index is 2.74. The Kier molecular flexibility index (Phi) is 6.63. The number of ether oxygens (including phenoxy) is 1. The van der Waals surface area contributed by atoms with Gasteiger partial charge < -0.3 is 10.1 Å². The first-order valence-corrected chi connectivity index (χ1v) is 8.12. The molecule has 0 heterocycles. The van der Waals surface area contributed by atoms with Gasteiger partial charge in [-0.3, -0.25) is 4.79 Å². The molecule has 1 N–H and O–H groups in total. The van der Waals surface area contributed by atoms with Crippen molar-refractivity contribution in [1.82, 2.24) is 5.32 Å². The molecule has 0 aliphatic rings. The lowest BCUT2D eigenvalue weighted by Crippen LogP contribution is -2.35. The van der Waals surface area contributed by atoms with Crippen LogP contribution in [0.25, 0.3) is 0 Å². The summed E-state index contributed by atoms with van der Waals surface area (Å²) in [4.78, 5) is 24.3. The van der Waals surface area contributed by atoms with E-state index in [4.69, 9.17) is 4.74 Å². The smallest absolute Gasteiger partial charge is 0.416 e. The third-order valence-corrected chi connectivity index (χ3v) is 3.67. The molecule has 4 nitrogen and oxygen atoms in total. The molecule has 0 aromatic heterocycles. The zero-order valence-corrected chi connectivity index (χ0v) is 15.5. The van der Waals surface area contributed by atoms with E-state index in [-0.39, 0.29) is 5.57 Å². The van der Waals surface area contributed by atoms with Crippen molar-refractivity contribution in [2.45, 2.75) is 52.4 Å². The monoisotopic (exact) mass is 371 g/mol. The van der Waals surface area contributed by atoms with Crippen LogP contribution in [-0.2, 0) is 20.5 Å². The first kappa shape index (κ1) is 21.7. The summed E-state index contributed by atoms with van der Waals surface area (Å²) in [5, 5.41) is 2.66. The van der Waals surface area contributed by atoms with Gasteiger partial charge in [0.15, 0.2) is 0 Å². The predicted octanol–water partition coefficient (Wildman–Crippen LogP) is 4.42. The molecule has 7 heteroatoms. The van der Waals surface area contributed by atoms with E-state index < -0.39 is 41.2 Å². The Labute approximate surface area is 151 Å². The van der Waals surface area contributed by atoms with E-state index in [1.54, 1.807) is 27.7 Å². The number of nitrogens with one attached hydrogen (secondary N) is 1. The summed E-state index contributed by atoms with van der Waals surface area (Å²) < 4.78 is 43.0. The summed E-state index contributed by atoms with van der Waals surface area (Å²) >= 11 is 0. The van der Waals surface area contributed by atoms with Gasteiger partial charge in [-0.1, -0.05) is 18.7 Å². The maximum absolute atomic E-state index is 12.6. The van der Waals surface area contributed by atoms with Gasteiger partial charge in [-0.15, -0.1) is 0 Å². The summed E-state index contributed by atoms with van der Waals surface area (Å²) in [6.45, 7) is 11.9. The van der Waals surface area contributed by atoms with Gasteiger partial charge in [-0.25, -0.2) is 4.79 Å². The fourth-order valence-electron chi connectivity index (χ4n) is 2.06. The highest BCUT2D eigenvalue weighted by Gasteiger charge is 2.30. The quantitative estimate of drug-likeness (QED) is 0.616. The molecule has 1 amide bonds. The highest BCUT2D eigenvalue weighted by atomic mass is 19.4. The van der Waals surface area contributed by atoms with Crippen molar-refractivity contribution in [1.29, 1.82) is 0 Å². The number of alkyl halides is 3. The highest BCUT2D eigenvalue weighted by molar-refractivity contribution is 5.96. The van der Waals surface area contributed by atoms with Crippen LogP contribution in [0.4, 0.5) is 13.2 Å². The van der Waals surface area contributed by atoms with Crippen LogP contribution in [0.1, 0.15) is 51.8 Å². The molecule has 0 unspecified atom stereocenters. The number of esters is 1. The molecule has 1 aromatic rings. The van der Waals surface area contributed by atoms with Crippen LogP contribution >= 0.6 is 0 Å². The number of benzene rings is 1. The second kappa shape index (κ2) is 7.93. The average molecular weight is 371 g/mol. The van der Waals surface area contributed by atoms with Gasteiger partial charge in [0, 0.05) is 5.57 Å². The van der Waals surface area contributed by atoms with Crippen molar-refractivity contribution in [3.05, 3.63) is 47.5 Å². The summed E-state index contributed by atoms with van der Waals surface area (Å²) in [6.07, 6.45) is -4.41. The number of hydrogen-bond acceptors (Lipinski definition) is 3. The molecular formula is C19H24F3NO3. The van der Waals surface area contributed by atoms with Crippen molar-refractivity contribution in [3.8, 4) is 0 Å². The average Bonchev–Trinajstić information content (AvgIpc) is 2.50. The second-order valence-corrected chi connectivity index (χ2v) is 7.10. The van der Waals surface area contributed by atoms with Gasteiger partial charge in [0.25, 0.3) is 0 Å². The van der Waals surface area contributed by atoms with Crippen molar-refractivity contribution in [2.24, 2.45) is 5.92 Å². The van der Waals surface area contributed by atoms with Gasteiger partial charge in [0.1, 0.15) is 5.60 Å². The molecule has 0 saturated carbocycles. The molecule has 1 rings (SSSR count). The van der Waals surface area contributed by atoms with Crippen molar-refractivity contribution in [2.75, 3.05) is 0 Å². The molecule has 26 heavy (non-hydrogen) atoms. The van der Waals surface area contributed by atoms with E-state index >= 15 is 0 Å². The van der Waals surface area contributed by atoms with Gasteiger partial charge in [-0.05, 0) is 52.3 Å². The molecular weight excluding hydrogens is 347 g/mol. The largest absolute Gasteiger partial charge is 0.457 e. The fourth-order valence-corrected chi connectivity index (χ4v) is 2.06. The zero-order valence-electron chi connectivity index (χ0n) is 15.5. The number of hydrogen-bond donors (Lipinski definition) is 1. The van der Waals surface area contributed by atoms with Crippen molar-refractivity contribution in [3.63, 3.8) is 0 Å². The van der Waals surface area contributed by atoms with Crippen LogP contribution in [0.3, 0.4) is 0 Å². The van der Waals surface area contributed by atoms with E-state index in [1.807, 2.05) is 0 Å². The van der Waals surface area contributed by atoms with Crippen LogP contribution in [0.15, 0.2) is 36.4 Å². The summed E-state index contributed by atoms with van der Waals surface area (Å²) in [5.74, 6) is -1.96. The molecule has 0 fully saturated rings. The van der Waals surface area contributed by atoms with Crippen molar-refractivity contribution >= 4 is 11.9 Å². The van der Waals surface area contributed by atoms with Crippen LogP contribution in [-0.4, -0.2) is 17.5 Å². The Hall–Kier alpha value is -2.31. The van der Waals surface area contributed by atoms with Gasteiger partial charge >= 0.3 is 12.1 Å². The van der Waals surface area contributed by atoms with Gasteiger partial charge in [-0.2, -0.15) is 13.2 Å². The normalized spacial score (nSPS) is 14.3. The zero-order chi connectivity index (χ0) is 20.3. The minimum absolute atomic E-state index is 0.0112. The number of carbonyl (C=O) groups excluding carboxylic acids is 2. The Bertz CT molecular complexity index is 673. The SMILES string of the molecule is C=C(C(=O)OC(C)(C)C)[C@@H](C)C(=O)N[C@@H](C)c1ccc(C(F)(F)F)cc1. The molecule has 0 spiro atoms. The second-order valence-electron chi connectivity index (χ2n) is 7.10. The molecule has 0 saturated heterocycles. The first-order chi connectivity index (χ1) is 11.7. The summed E-state index contributed by atoms with van der Waals surface area (Å²) in [7, 11) is 0. The minimum Gasteiger partial charge on any atom is -0.457 e. The standard InChI is InChI=1S/C19H24F3NO3/c1-11(12(2)17(25)26-18(4,5)6)16(24)23-13(3)14-7-9-15(10-8-14)19(20,21)22/h7-11,13H,2H2,1,3-6H3,(H,23,24)/t11-,13+/m1/s1. The Morgan fingerprint density at radius 3 is 2.00 bits per heavy atom. The minimum atomic E-state index is -4.41. The van der Waals surface area contributed by atoms with E-state index in [1.165, 1.54) is 19.1 Å². The lowest BCUT2D eigenvalue weighted by atomic mass is 10.00. The Morgan fingerprint density at radius 2 is 1.58 bits per heavy atom. The summed E-state index contributed by atoms with van der Waals surface area (Å²) in [5.41, 5.74) is -0.936. The summed E-state index contributed by atoms with van der Waals surface area (Å²) in [6, 6.07) is 4.00.